The molecular weight excluding hydrogens is 268 g/mol. The largest absolute Gasteiger partial charge is 0.480 e. The summed E-state index contributed by atoms with van der Waals surface area (Å²) in [4.78, 5) is 15.9. The lowest BCUT2D eigenvalue weighted by Crippen LogP contribution is -2.38. The molecule has 1 fully saturated rings. The van der Waals surface area contributed by atoms with Crippen molar-refractivity contribution in [2.45, 2.75) is 45.1 Å². The van der Waals surface area contributed by atoms with E-state index >= 15 is 0 Å². The van der Waals surface area contributed by atoms with E-state index in [2.05, 4.69) is 15.4 Å². The van der Waals surface area contributed by atoms with Crippen molar-refractivity contribution in [3.8, 4) is 0 Å². The van der Waals surface area contributed by atoms with Crippen molar-refractivity contribution in [3.05, 3.63) is 24.2 Å². The van der Waals surface area contributed by atoms with E-state index in [9.17, 15) is 9.90 Å². The van der Waals surface area contributed by atoms with E-state index in [1.54, 1.807) is 16.9 Å². The molecule has 2 aromatic rings. The van der Waals surface area contributed by atoms with E-state index in [4.69, 9.17) is 0 Å². The van der Waals surface area contributed by atoms with Crippen molar-refractivity contribution < 1.29 is 9.90 Å². The molecule has 21 heavy (non-hydrogen) atoms. The number of carboxylic acids is 1. The number of aryl methyl sites for hydroxylation is 1. The van der Waals surface area contributed by atoms with E-state index in [1.807, 2.05) is 13.0 Å². The number of fused-ring (bicyclic) bond motifs is 1. The molecule has 1 saturated carbocycles. The molecule has 0 saturated heterocycles. The van der Waals surface area contributed by atoms with Gasteiger partial charge in [0.15, 0.2) is 5.82 Å². The molecule has 0 aliphatic heterocycles. The van der Waals surface area contributed by atoms with Gasteiger partial charge in [0, 0.05) is 12.4 Å². The highest BCUT2D eigenvalue weighted by atomic mass is 16.4. The Balaban J connectivity index is 1.88. The van der Waals surface area contributed by atoms with Crippen LogP contribution in [0.5, 0.6) is 0 Å². The highest BCUT2D eigenvalue weighted by Gasteiger charge is 2.30. The van der Waals surface area contributed by atoms with Gasteiger partial charge in [-0.05, 0) is 31.7 Å². The summed E-state index contributed by atoms with van der Waals surface area (Å²) in [6, 6.07) is 1.33. The molecule has 1 aliphatic carbocycles. The van der Waals surface area contributed by atoms with Crippen LogP contribution in [0.25, 0.3) is 5.52 Å². The number of aromatic nitrogens is 3. The molecule has 0 amide bonds. The maximum Gasteiger partial charge on any atom is 0.326 e. The summed E-state index contributed by atoms with van der Waals surface area (Å²) < 4.78 is 1.73. The summed E-state index contributed by atoms with van der Waals surface area (Å²) in [5.74, 6) is -0.0414. The van der Waals surface area contributed by atoms with Crippen molar-refractivity contribution in [3.63, 3.8) is 0 Å². The van der Waals surface area contributed by atoms with Crippen molar-refractivity contribution in [1.29, 1.82) is 0 Å². The average Bonchev–Trinajstić information content (AvgIpc) is 2.86. The quantitative estimate of drug-likeness (QED) is 0.903. The lowest BCUT2D eigenvalue weighted by atomic mass is 9.84. The standard InChI is InChI=1S/C15H20N4O2/c1-10-9-12-14(16-7-8-19(12)18-10)17-13(15(20)21)11-5-3-2-4-6-11/h7-9,11,13H,2-6H2,1H3,(H,16,17)(H,20,21). The molecule has 1 aliphatic rings. The number of hydrogen-bond acceptors (Lipinski definition) is 4. The van der Waals surface area contributed by atoms with Gasteiger partial charge >= 0.3 is 5.97 Å². The van der Waals surface area contributed by atoms with E-state index in [0.29, 0.717) is 5.82 Å². The Hall–Kier alpha value is -2.11. The molecule has 2 aromatic heterocycles. The minimum absolute atomic E-state index is 0.169. The summed E-state index contributed by atoms with van der Waals surface area (Å²) in [5.41, 5.74) is 1.70. The predicted molar refractivity (Wildman–Crippen MR) is 79.3 cm³/mol. The smallest absolute Gasteiger partial charge is 0.326 e. The molecule has 6 nitrogen and oxygen atoms in total. The van der Waals surface area contributed by atoms with Crippen molar-refractivity contribution in [1.82, 2.24) is 14.6 Å². The van der Waals surface area contributed by atoms with Crippen molar-refractivity contribution in [2.24, 2.45) is 5.92 Å². The van der Waals surface area contributed by atoms with Crippen LogP contribution in [-0.4, -0.2) is 31.7 Å². The van der Waals surface area contributed by atoms with Gasteiger partial charge in [-0.25, -0.2) is 14.3 Å². The van der Waals surface area contributed by atoms with E-state index in [-0.39, 0.29) is 5.92 Å². The van der Waals surface area contributed by atoms with E-state index in [0.717, 1.165) is 36.9 Å². The minimum atomic E-state index is -0.804. The van der Waals surface area contributed by atoms with Crippen LogP contribution in [0.3, 0.4) is 0 Å². The van der Waals surface area contributed by atoms with Crippen molar-refractivity contribution >= 4 is 17.3 Å². The molecule has 112 valence electrons. The van der Waals surface area contributed by atoms with Gasteiger partial charge in [0.05, 0.1) is 5.69 Å². The molecule has 2 heterocycles. The maximum atomic E-state index is 11.6. The fraction of sp³-hybridized carbons (Fsp3) is 0.533. The van der Waals surface area contributed by atoms with Gasteiger partial charge in [-0.1, -0.05) is 19.3 Å². The van der Waals surface area contributed by atoms with E-state index in [1.165, 1.54) is 6.42 Å². The summed E-state index contributed by atoms with van der Waals surface area (Å²) in [6.45, 7) is 1.91. The zero-order valence-corrected chi connectivity index (χ0v) is 12.1. The van der Waals surface area contributed by atoms with Gasteiger partial charge in [-0.15, -0.1) is 0 Å². The molecule has 6 heteroatoms. The summed E-state index contributed by atoms with van der Waals surface area (Å²) >= 11 is 0. The van der Waals surface area contributed by atoms with Gasteiger partial charge in [0.25, 0.3) is 0 Å². The van der Waals surface area contributed by atoms with Crippen LogP contribution >= 0.6 is 0 Å². The minimum Gasteiger partial charge on any atom is -0.480 e. The number of carbonyl (C=O) groups is 1. The molecule has 2 N–H and O–H groups in total. The molecule has 0 aromatic carbocycles. The van der Waals surface area contributed by atoms with Crippen LogP contribution in [0.15, 0.2) is 18.5 Å². The third-order valence-electron chi connectivity index (χ3n) is 4.19. The highest BCUT2D eigenvalue weighted by Crippen LogP contribution is 2.29. The number of anilines is 1. The SMILES string of the molecule is Cc1cc2c(NC(C(=O)O)C3CCCCC3)nccn2n1. The van der Waals surface area contributed by atoms with Crippen LogP contribution < -0.4 is 5.32 Å². The lowest BCUT2D eigenvalue weighted by Gasteiger charge is -2.28. The molecule has 0 radical (unpaired) electrons. The maximum absolute atomic E-state index is 11.6. The molecule has 3 rings (SSSR count). The van der Waals surface area contributed by atoms with Crippen LogP contribution in [0, 0.1) is 12.8 Å². The second-order valence-corrected chi connectivity index (χ2v) is 5.75. The number of hydrogen-bond donors (Lipinski definition) is 2. The Morgan fingerprint density at radius 1 is 1.43 bits per heavy atom. The Labute approximate surface area is 123 Å². The summed E-state index contributed by atoms with van der Waals surface area (Å²) in [5, 5.41) is 17.0. The Bertz CT molecular complexity index is 646. The first-order valence-electron chi connectivity index (χ1n) is 7.45. The normalized spacial score (nSPS) is 17.8. The molecule has 1 atom stereocenters. The topological polar surface area (TPSA) is 79.5 Å². The van der Waals surface area contributed by atoms with Crippen LogP contribution in [0.4, 0.5) is 5.82 Å². The number of aliphatic carboxylic acids is 1. The predicted octanol–water partition coefficient (Wildman–Crippen LogP) is 2.48. The summed E-state index contributed by atoms with van der Waals surface area (Å²) in [6.07, 6.45) is 8.76. The average molecular weight is 288 g/mol. The second-order valence-electron chi connectivity index (χ2n) is 5.75. The number of nitrogens with one attached hydrogen (secondary N) is 1. The van der Waals surface area contributed by atoms with Gasteiger partial charge in [0.2, 0.25) is 0 Å². The van der Waals surface area contributed by atoms with Gasteiger partial charge in [-0.2, -0.15) is 5.10 Å². The van der Waals surface area contributed by atoms with Crippen LogP contribution in [0.1, 0.15) is 37.8 Å². The van der Waals surface area contributed by atoms with Crippen molar-refractivity contribution in [2.75, 3.05) is 5.32 Å². The Morgan fingerprint density at radius 2 is 2.19 bits per heavy atom. The summed E-state index contributed by atoms with van der Waals surface area (Å²) in [7, 11) is 0. The number of rotatable bonds is 4. The zero-order chi connectivity index (χ0) is 14.8. The fourth-order valence-corrected chi connectivity index (χ4v) is 3.15. The number of carboxylic acid groups (broad SMARTS) is 1. The molecule has 0 bridgehead atoms. The third-order valence-corrected chi connectivity index (χ3v) is 4.19. The first kappa shape index (κ1) is 13.9. The van der Waals surface area contributed by atoms with Crippen LogP contribution in [0.2, 0.25) is 0 Å². The number of nitrogens with zero attached hydrogens (tertiary/aromatic N) is 3. The lowest BCUT2D eigenvalue weighted by molar-refractivity contribution is -0.139. The van der Waals surface area contributed by atoms with E-state index < -0.39 is 12.0 Å². The fourth-order valence-electron chi connectivity index (χ4n) is 3.15. The molecule has 1 unspecified atom stereocenters. The second kappa shape index (κ2) is 5.71. The molecular formula is C15H20N4O2. The monoisotopic (exact) mass is 288 g/mol. The Kier molecular flexibility index (Phi) is 3.77. The highest BCUT2D eigenvalue weighted by molar-refractivity contribution is 5.80. The molecule has 0 spiro atoms. The van der Waals surface area contributed by atoms with Gasteiger partial charge < -0.3 is 10.4 Å². The van der Waals surface area contributed by atoms with Crippen LogP contribution in [-0.2, 0) is 4.79 Å². The first-order valence-corrected chi connectivity index (χ1v) is 7.45. The van der Waals surface area contributed by atoms with Gasteiger partial charge in [0.1, 0.15) is 11.6 Å². The Morgan fingerprint density at radius 3 is 2.90 bits per heavy atom. The van der Waals surface area contributed by atoms with Gasteiger partial charge in [-0.3, -0.25) is 0 Å². The third kappa shape index (κ3) is 2.84. The first-order chi connectivity index (χ1) is 10.1. The zero-order valence-electron chi connectivity index (χ0n) is 12.1.